The van der Waals surface area contributed by atoms with Gasteiger partial charge in [0.05, 0.1) is 17.6 Å². The van der Waals surface area contributed by atoms with Gasteiger partial charge in [-0.3, -0.25) is 0 Å². The predicted molar refractivity (Wildman–Crippen MR) is 117 cm³/mol. The van der Waals surface area contributed by atoms with Gasteiger partial charge in [-0.2, -0.15) is 17.5 Å². The van der Waals surface area contributed by atoms with Gasteiger partial charge in [0.2, 0.25) is 16.0 Å². The number of piperidine rings is 1. The number of nitrogens with zero attached hydrogens (tertiary/aromatic N) is 5. The quantitative estimate of drug-likeness (QED) is 0.608. The summed E-state index contributed by atoms with van der Waals surface area (Å²) < 4.78 is 77.2. The molecule has 2 aromatic rings. The van der Waals surface area contributed by atoms with E-state index >= 15 is 0 Å². The highest BCUT2D eigenvalue weighted by atomic mass is 32.2. The van der Waals surface area contributed by atoms with Gasteiger partial charge in [0, 0.05) is 38.7 Å². The van der Waals surface area contributed by atoms with Crippen LogP contribution in [0.25, 0.3) is 5.52 Å². The van der Waals surface area contributed by atoms with Crippen LogP contribution in [0.4, 0.5) is 29.3 Å². The molecule has 4 heterocycles. The van der Waals surface area contributed by atoms with Crippen molar-refractivity contribution < 1.29 is 31.1 Å². The third kappa shape index (κ3) is 5.71. The first-order valence-electron chi connectivity index (χ1n) is 11.2. The fourth-order valence-corrected chi connectivity index (χ4v) is 6.36. The largest absolute Gasteiger partial charge is 0.392 e. The average molecular weight is 509 g/mol. The van der Waals surface area contributed by atoms with Crippen molar-refractivity contribution in [2.24, 2.45) is 5.92 Å². The highest BCUT2D eigenvalue weighted by Crippen LogP contribution is 2.34. The SMILES string of the molecule is Nc1ncc2c(F)cc(N3CCC(CC(F)(F)F)C3)n2n1.O=S(=O)(C1CC1)N1CCCC(O)C1. The molecule has 1 saturated carbocycles. The van der Waals surface area contributed by atoms with Crippen LogP contribution in [0.3, 0.4) is 0 Å². The summed E-state index contributed by atoms with van der Waals surface area (Å²) in [7, 11) is -3.05. The fraction of sp³-hybridized carbons (Fsp3) is 0.700. The van der Waals surface area contributed by atoms with Gasteiger partial charge >= 0.3 is 6.18 Å². The van der Waals surface area contributed by atoms with E-state index < -0.39 is 40.5 Å². The molecule has 0 spiro atoms. The molecular weight excluding hydrogens is 480 g/mol. The van der Waals surface area contributed by atoms with E-state index in [0.29, 0.717) is 31.9 Å². The normalized spacial score (nSPS) is 24.3. The Morgan fingerprint density at radius 3 is 2.53 bits per heavy atom. The van der Waals surface area contributed by atoms with Gasteiger partial charge in [-0.15, -0.1) is 5.10 Å². The van der Waals surface area contributed by atoms with Crippen molar-refractivity contribution in [3.05, 3.63) is 18.1 Å². The Morgan fingerprint density at radius 2 is 1.88 bits per heavy atom. The molecule has 2 saturated heterocycles. The van der Waals surface area contributed by atoms with Crippen molar-refractivity contribution in [3.8, 4) is 0 Å². The summed E-state index contributed by atoms with van der Waals surface area (Å²) in [6.07, 6.45) is -0.679. The van der Waals surface area contributed by atoms with Crippen molar-refractivity contribution >= 4 is 27.3 Å². The maximum absolute atomic E-state index is 13.8. The van der Waals surface area contributed by atoms with Crippen molar-refractivity contribution in [1.82, 2.24) is 18.9 Å². The van der Waals surface area contributed by atoms with Crippen LogP contribution in [-0.2, 0) is 10.0 Å². The van der Waals surface area contributed by atoms with Gasteiger partial charge in [0.15, 0.2) is 5.82 Å². The lowest BCUT2D eigenvalue weighted by molar-refractivity contribution is -0.142. The van der Waals surface area contributed by atoms with E-state index in [0.717, 1.165) is 25.7 Å². The van der Waals surface area contributed by atoms with Crippen molar-refractivity contribution in [3.63, 3.8) is 0 Å². The summed E-state index contributed by atoms with van der Waals surface area (Å²) in [5, 5.41) is 13.1. The Labute approximate surface area is 194 Å². The van der Waals surface area contributed by atoms with E-state index in [1.54, 1.807) is 4.90 Å². The smallest absolute Gasteiger partial charge is 0.389 e. The minimum absolute atomic E-state index is 0.0228. The number of fused-ring (bicyclic) bond motifs is 1. The van der Waals surface area contributed by atoms with Gasteiger partial charge < -0.3 is 15.7 Å². The van der Waals surface area contributed by atoms with E-state index in [1.165, 1.54) is 21.1 Å². The lowest BCUT2D eigenvalue weighted by atomic mass is 10.1. The number of nitrogen functional groups attached to an aromatic ring is 1. The Kier molecular flexibility index (Phi) is 6.93. The van der Waals surface area contributed by atoms with Crippen LogP contribution in [0.5, 0.6) is 0 Å². The number of aliphatic hydroxyl groups excluding tert-OH is 1. The average Bonchev–Trinajstić information content (AvgIpc) is 3.45. The molecule has 2 aromatic heterocycles. The molecule has 2 atom stereocenters. The molecule has 3 aliphatic rings. The summed E-state index contributed by atoms with van der Waals surface area (Å²) >= 11 is 0. The fourth-order valence-electron chi connectivity index (χ4n) is 4.44. The number of sulfonamides is 1. The van der Waals surface area contributed by atoms with Crippen LogP contribution in [0.1, 0.15) is 38.5 Å². The molecule has 2 aliphatic heterocycles. The number of aromatic nitrogens is 3. The summed E-state index contributed by atoms with van der Waals surface area (Å²) in [5.41, 5.74) is 5.63. The molecule has 3 N–H and O–H groups in total. The molecule has 0 aromatic carbocycles. The minimum atomic E-state index is -4.18. The first-order chi connectivity index (χ1) is 15.9. The number of alkyl halides is 3. The molecule has 0 bridgehead atoms. The van der Waals surface area contributed by atoms with Crippen LogP contribution < -0.4 is 10.6 Å². The zero-order valence-electron chi connectivity index (χ0n) is 18.5. The van der Waals surface area contributed by atoms with E-state index in [1.807, 2.05) is 0 Å². The van der Waals surface area contributed by atoms with Gasteiger partial charge in [0.1, 0.15) is 11.3 Å². The molecular formula is C20H28F4N6O3S. The van der Waals surface area contributed by atoms with E-state index in [-0.39, 0.29) is 23.3 Å². The third-order valence-electron chi connectivity index (χ3n) is 6.26. The molecule has 3 fully saturated rings. The number of halogens is 4. The zero-order valence-corrected chi connectivity index (χ0v) is 19.3. The number of nitrogens with two attached hydrogens (primary N) is 1. The van der Waals surface area contributed by atoms with Crippen LogP contribution in [0, 0.1) is 11.7 Å². The van der Waals surface area contributed by atoms with Crippen molar-refractivity contribution in [2.75, 3.05) is 36.8 Å². The van der Waals surface area contributed by atoms with Crippen LogP contribution >= 0.6 is 0 Å². The number of hydrogen-bond donors (Lipinski definition) is 2. The Bertz CT molecular complexity index is 1120. The molecule has 1 aliphatic carbocycles. The summed E-state index contributed by atoms with van der Waals surface area (Å²) in [4.78, 5) is 5.40. The van der Waals surface area contributed by atoms with E-state index in [4.69, 9.17) is 5.73 Å². The lowest BCUT2D eigenvalue weighted by Crippen LogP contribution is -2.43. The number of aliphatic hydroxyl groups is 1. The maximum Gasteiger partial charge on any atom is 0.389 e. The van der Waals surface area contributed by atoms with Gasteiger partial charge in [0.25, 0.3) is 0 Å². The highest BCUT2D eigenvalue weighted by Gasteiger charge is 2.41. The zero-order chi connectivity index (χ0) is 24.7. The molecule has 2 unspecified atom stereocenters. The Morgan fingerprint density at radius 1 is 1.15 bits per heavy atom. The number of β-amino-alcohol motifs (C(OH)–C–C–N with tert-alkyl or cyclic N) is 1. The van der Waals surface area contributed by atoms with E-state index in [9.17, 15) is 31.1 Å². The predicted octanol–water partition coefficient (Wildman–Crippen LogP) is 2.16. The third-order valence-corrected chi connectivity index (χ3v) is 8.63. The van der Waals surface area contributed by atoms with Crippen LogP contribution in [0.2, 0.25) is 0 Å². The Hall–Kier alpha value is -2.19. The molecule has 14 heteroatoms. The molecule has 9 nitrogen and oxygen atoms in total. The first-order valence-corrected chi connectivity index (χ1v) is 12.7. The first kappa shape index (κ1) is 24.9. The second-order valence-electron chi connectivity index (χ2n) is 9.08. The minimum Gasteiger partial charge on any atom is -0.392 e. The van der Waals surface area contributed by atoms with Gasteiger partial charge in [-0.25, -0.2) is 22.3 Å². The second-order valence-corrected chi connectivity index (χ2v) is 11.3. The van der Waals surface area contributed by atoms with Crippen molar-refractivity contribution in [1.29, 1.82) is 0 Å². The molecule has 5 rings (SSSR count). The molecule has 0 radical (unpaired) electrons. The summed E-state index contributed by atoms with van der Waals surface area (Å²) in [6, 6.07) is 1.25. The standard InChI is InChI=1S/C12H13F4N5.C8H15NO3S/c13-8-3-10(21-9(8)5-18-11(17)19-21)20-2-1-7(6-20)4-12(14,15)16;10-7-2-1-5-9(6-7)13(11,12)8-3-4-8/h3,5,7H,1-2,4,6H2,(H2,17,19);7-8,10H,1-6H2. The van der Waals surface area contributed by atoms with Gasteiger partial charge in [-0.05, 0) is 38.0 Å². The number of anilines is 2. The molecule has 0 amide bonds. The van der Waals surface area contributed by atoms with Crippen molar-refractivity contribution in [2.45, 2.75) is 56.1 Å². The van der Waals surface area contributed by atoms with Crippen LogP contribution in [0.15, 0.2) is 12.3 Å². The Balaban J connectivity index is 0.000000180. The maximum atomic E-state index is 13.8. The summed E-state index contributed by atoms with van der Waals surface area (Å²) in [6.45, 7) is 1.54. The highest BCUT2D eigenvalue weighted by molar-refractivity contribution is 7.90. The topological polar surface area (TPSA) is 117 Å². The van der Waals surface area contributed by atoms with E-state index in [2.05, 4.69) is 10.1 Å². The second kappa shape index (κ2) is 9.46. The lowest BCUT2D eigenvalue weighted by Gasteiger charge is -2.29. The molecule has 34 heavy (non-hydrogen) atoms. The monoisotopic (exact) mass is 508 g/mol. The molecule has 190 valence electrons. The number of rotatable bonds is 4. The van der Waals surface area contributed by atoms with Gasteiger partial charge in [-0.1, -0.05) is 0 Å². The number of hydrogen-bond acceptors (Lipinski definition) is 7. The van der Waals surface area contributed by atoms with Crippen LogP contribution in [-0.4, -0.2) is 76.1 Å². The summed E-state index contributed by atoms with van der Waals surface area (Å²) in [5.74, 6) is -0.631.